The molecule has 2 aromatic rings. The van der Waals surface area contributed by atoms with Crippen molar-refractivity contribution in [2.24, 2.45) is 0 Å². The van der Waals surface area contributed by atoms with E-state index < -0.39 is 0 Å². The first kappa shape index (κ1) is 19.4. The van der Waals surface area contributed by atoms with Crippen molar-refractivity contribution >= 4 is 11.6 Å². The zero-order valence-corrected chi connectivity index (χ0v) is 17.0. The lowest BCUT2D eigenvalue weighted by Gasteiger charge is -2.33. The third-order valence-corrected chi connectivity index (χ3v) is 5.48. The van der Waals surface area contributed by atoms with E-state index in [1.165, 1.54) is 5.56 Å². The summed E-state index contributed by atoms with van der Waals surface area (Å²) in [7, 11) is 3.28. The lowest BCUT2D eigenvalue weighted by molar-refractivity contribution is -0.121. The van der Waals surface area contributed by atoms with Crippen LogP contribution in [0.15, 0.2) is 30.3 Å². The lowest BCUT2D eigenvalue weighted by atomic mass is 9.97. The van der Waals surface area contributed by atoms with Gasteiger partial charge >= 0.3 is 0 Å². The maximum atomic E-state index is 12.8. The Morgan fingerprint density at radius 1 is 1.03 bits per heavy atom. The number of benzene rings is 2. The fraction of sp³-hybridized carbons (Fsp3) is 0.409. The van der Waals surface area contributed by atoms with Crippen LogP contribution in [0.4, 0.5) is 5.69 Å². The molecular formula is C22H26N2O5. The number of amides is 1. The number of ether oxygens (including phenoxy) is 4. The number of carbonyl (C=O) groups excluding carboxylic acids is 1. The second-order valence-corrected chi connectivity index (χ2v) is 7.22. The zero-order valence-electron chi connectivity index (χ0n) is 17.0. The molecule has 0 aromatic heterocycles. The highest BCUT2D eigenvalue weighted by Gasteiger charge is 2.27. The summed E-state index contributed by atoms with van der Waals surface area (Å²) >= 11 is 0. The molecule has 4 rings (SSSR count). The first-order valence-electron chi connectivity index (χ1n) is 9.77. The van der Waals surface area contributed by atoms with Crippen molar-refractivity contribution in [2.75, 3.05) is 39.3 Å². The standard InChI is InChI=1S/C22H26N2O5/c1-14(22(25)23-17-4-5-18-21(12-17)29-9-8-28-18)24-7-6-15-10-19(26-2)20(27-3)11-16(15)13-24/h4-5,10-12,14H,6-9,13H2,1-3H3,(H,23,25)/t14-/m0/s1. The van der Waals surface area contributed by atoms with Crippen LogP contribution in [0.2, 0.25) is 0 Å². The minimum Gasteiger partial charge on any atom is -0.493 e. The molecule has 7 heteroatoms. The second-order valence-electron chi connectivity index (χ2n) is 7.22. The summed E-state index contributed by atoms with van der Waals surface area (Å²) in [5, 5.41) is 2.99. The van der Waals surface area contributed by atoms with Crippen LogP contribution in [-0.4, -0.2) is 50.8 Å². The number of nitrogens with zero attached hydrogens (tertiary/aromatic N) is 1. The van der Waals surface area contributed by atoms with Gasteiger partial charge in [0.25, 0.3) is 0 Å². The van der Waals surface area contributed by atoms with Crippen LogP contribution in [-0.2, 0) is 17.8 Å². The van der Waals surface area contributed by atoms with Crippen LogP contribution < -0.4 is 24.3 Å². The molecule has 0 unspecified atom stereocenters. The second kappa shape index (κ2) is 8.21. The molecule has 0 spiro atoms. The molecule has 1 amide bonds. The Kier molecular flexibility index (Phi) is 5.49. The van der Waals surface area contributed by atoms with Gasteiger partial charge in [-0.1, -0.05) is 0 Å². The summed E-state index contributed by atoms with van der Waals surface area (Å²) < 4.78 is 21.9. The van der Waals surface area contributed by atoms with E-state index in [9.17, 15) is 4.79 Å². The number of hydrogen-bond donors (Lipinski definition) is 1. The molecule has 7 nitrogen and oxygen atoms in total. The summed E-state index contributed by atoms with van der Waals surface area (Å²) in [5.41, 5.74) is 3.10. The molecule has 154 valence electrons. The van der Waals surface area contributed by atoms with Crippen molar-refractivity contribution in [3.05, 3.63) is 41.5 Å². The van der Waals surface area contributed by atoms with Gasteiger partial charge in [0, 0.05) is 24.8 Å². The highest BCUT2D eigenvalue weighted by atomic mass is 16.6. The van der Waals surface area contributed by atoms with Crippen LogP contribution in [0.25, 0.3) is 0 Å². The predicted molar refractivity (Wildman–Crippen MR) is 109 cm³/mol. The first-order chi connectivity index (χ1) is 14.1. The van der Waals surface area contributed by atoms with Gasteiger partial charge in [0.1, 0.15) is 13.2 Å². The molecular weight excluding hydrogens is 372 g/mol. The van der Waals surface area contributed by atoms with Crippen molar-refractivity contribution in [2.45, 2.75) is 25.9 Å². The van der Waals surface area contributed by atoms with Gasteiger partial charge in [0.05, 0.1) is 20.3 Å². The molecule has 1 atom stereocenters. The zero-order chi connectivity index (χ0) is 20.4. The number of carbonyl (C=O) groups is 1. The number of anilines is 1. The van der Waals surface area contributed by atoms with E-state index in [0.717, 1.165) is 24.3 Å². The molecule has 2 aromatic carbocycles. The third kappa shape index (κ3) is 3.96. The average Bonchev–Trinajstić information content (AvgIpc) is 2.77. The largest absolute Gasteiger partial charge is 0.493 e. The van der Waals surface area contributed by atoms with E-state index in [1.54, 1.807) is 14.2 Å². The number of methoxy groups -OCH3 is 2. The maximum Gasteiger partial charge on any atom is 0.241 e. The molecule has 0 radical (unpaired) electrons. The van der Waals surface area contributed by atoms with Gasteiger partial charge in [-0.2, -0.15) is 0 Å². The van der Waals surface area contributed by atoms with E-state index >= 15 is 0 Å². The Labute approximate surface area is 170 Å². The van der Waals surface area contributed by atoms with Crippen molar-refractivity contribution in [3.63, 3.8) is 0 Å². The van der Waals surface area contributed by atoms with Crippen molar-refractivity contribution in [1.82, 2.24) is 4.90 Å². The van der Waals surface area contributed by atoms with Gasteiger partial charge < -0.3 is 24.3 Å². The fourth-order valence-electron chi connectivity index (χ4n) is 3.77. The van der Waals surface area contributed by atoms with Gasteiger partial charge in [-0.3, -0.25) is 9.69 Å². The minimum absolute atomic E-state index is 0.0504. The van der Waals surface area contributed by atoms with E-state index in [0.29, 0.717) is 42.7 Å². The number of fused-ring (bicyclic) bond motifs is 2. The van der Waals surface area contributed by atoms with E-state index in [-0.39, 0.29) is 11.9 Å². The summed E-state index contributed by atoms with van der Waals surface area (Å²) in [6.45, 7) is 4.48. The maximum absolute atomic E-state index is 12.8. The Balaban J connectivity index is 1.45. The molecule has 0 saturated heterocycles. The molecule has 0 aliphatic carbocycles. The molecule has 2 aliphatic heterocycles. The molecule has 2 heterocycles. The number of hydrogen-bond acceptors (Lipinski definition) is 6. The smallest absolute Gasteiger partial charge is 0.241 e. The van der Waals surface area contributed by atoms with Gasteiger partial charge in [0.2, 0.25) is 5.91 Å². The number of nitrogens with one attached hydrogen (secondary N) is 1. The molecule has 29 heavy (non-hydrogen) atoms. The van der Waals surface area contributed by atoms with Crippen molar-refractivity contribution in [1.29, 1.82) is 0 Å². The van der Waals surface area contributed by atoms with Crippen molar-refractivity contribution in [3.8, 4) is 23.0 Å². The number of rotatable bonds is 5. The van der Waals surface area contributed by atoms with Crippen LogP contribution in [0.3, 0.4) is 0 Å². The summed E-state index contributed by atoms with van der Waals surface area (Å²) in [6, 6.07) is 9.23. The Morgan fingerprint density at radius 3 is 2.45 bits per heavy atom. The third-order valence-electron chi connectivity index (χ3n) is 5.48. The SMILES string of the molecule is COc1cc2c(cc1OC)CN([C@@H](C)C(=O)Nc1ccc3c(c1)OCCO3)CC2. The first-order valence-corrected chi connectivity index (χ1v) is 9.77. The molecule has 1 N–H and O–H groups in total. The lowest BCUT2D eigenvalue weighted by Crippen LogP contribution is -2.44. The van der Waals surface area contributed by atoms with Crippen molar-refractivity contribution < 1.29 is 23.7 Å². The van der Waals surface area contributed by atoms with E-state index in [1.807, 2.05) is 37.3 Å². The summed E-state index contributed by atoms with van der Waals surface area (Å²) in [6.07, 6.45) is 0.858. The highest BCUT2D eigenvalue weighted by Crippen LogP contribution is 2.34. The van der Waals surface area contributed by atoms with E-state index in [4.69, 9.17) is 18.9 Å². The monoisotopic (exact) mass is 398 g/mol. The van der Waals surface area contributed by atoms with Gasteiger partial charge in [-0.15, -0.1) is 0 Å². The van der Waals surface area contributed by atoms with Gasteiger partial charge in [0.15, 0.2) is 23.0 Å². The Morgan fingerprint density at radius 2 is 1.72 bits per heavy atom. The van der Waals surface area contributed by atoms with Gasteiger partial charge in [-0.25, -0.2) is 0 Å². The predicted octanol–water partition coefficient (Wildman–Crippen LogP) is 2.86. The van der Waals surface area contributed by atoms with Crippen LogP contribution in [0, 0.1) is 0 Å². The van der Waals surface area contributed by atoms with Crippen LogP contribution >= 0.6 is 0 Å². The molecule has 0 bridgehead atoms. The van der Waals surface area contributed by atoms with Crippen LogP contribution in [0.1, 0.15) is 18.1 Å². The van der Waals surface area contributed by atoms with Crippen LogP contribution in [0.5, 0.6) is 23.0 Å². The molecule has 0 fully saturated rings. The minimum atomic E-state index is -0.274. The molecule has 2 aliphatic rings. The average molecular weight is 398 g/mol. The normalized spacial score (nSPS) is 16.5. The topological polar surface area (TPSA) is 69.3 Å². The van der Waals surface area contributed by atoms with Gasteiger partial charge in [-0.05, 0) is 48.7 Å². The summed E-state index contributed by atoms with van der Waals surface area (Å²) in [4.78, 5) is 15.0. The summed E-state index contributed by atoms with van der Waals surface area (Å²) in [5.74, 6) is 2.77. The Hall–Kier alpha value is -2.93. The van der Waals surface area contributed by atoms with E-state index in [2.05, 4.69) is 10.2 Å². The highest BCUT2D eigenvalue weighted by molar-refractivity contribution is 5.94. The molecule has 0 saturated carbocycles. The quantitative estimate of drug-likeness (QED) is 0.835. The Bertz CT molecular complexity index is 914. The fourth-order valence-corrected chi connectivity index (χ4v) is 3.77.